The van der Waals surface area contributed by atoms with Gasteiger partial charge in [0, 0.05) is 6.04 Å². The van der Waals surface area contributed by atoms with Crippen molar-refractivity contribution in [2.45, 2.75) is 55.7 Å². The van der Waals surface area contributed by atoms with Crippen molar-refractivity contribution in [3.05, 3.63) is 16.5 Å². The van der Waals surface area contributed by atoms with E-state index < -0.39 is 10.0 Å². The molecule has 22 heavy (non-hydrogen) atoms. The van der Waals surface area contributed by atoms with Gasteiger partial charge < -0.3 is 0 Å². The topological polar surface area (TPSA) is 46.2 Å². The van der Waals surface area contributed by atoms with Gasteiger partial charge in [0.1, 0.15) is 4.21 Å². The Kier molecular flexibility index (Phi) is 3.65. The molecule has 1 aromatic heterocycles. The quantitative estimate of drug-likeness (QED) is 0.871. The van der Waals surface area contributed by atoms with Gasteiger partial charge in [-0.05, 0) is 80.8 Å². The Morgan fingerprint density at radius 2 is 1.73 bits per heavy atom. The molecule has 3 nitrogen and oxygen atoms in total. The SMILES string of the molecule is CC(NS(=O)(=O)c1ccc(Cl)s1)C12CC3CC(CC(C3)C1)C2. The van der Waals surface area contributed by atoms with Crippen LogP contribution in [0, 0.1) is 23.2 Å². The summed E-state index contributed by atoms with van der Waals surface area (Å²) in [5.41, 5.74) is 0.183. The molecule has 1 heterocycles. The van der Waals surface area contributed by atoms with Crippen LogP contribution in [0.2, 0.25) is 4.34 Å². The smallest absolute Gasteiger partial charge is 0.207 e. The lowest BCUT2D eigenvalue weighted by molar-refractivity contribution is -0.0666. The molecule has 0 aliphatic heterocycles. The van der Waals surface area contributed by atoms with Gasteiger partial charge in [0.2, 0.25) is 10.0 Å². The molecule has 6 heteroatoms. The van der Waals surface area contributed by atoms with Crippen LogP contribution in [0.4, 0.5) is 0 Å². The van der Waals surface area contributed by atoms with Crippen LogP contribution >= 0.6 is 22.9 Å². The Bertz CT molecular complexity index is 647. The van der Waals surface area contributed by atoms with Gasteiger partial charge in [0.25, 0.3) is 0 Å². The minimum absolute atomic E-state index is 0.00627. The zero-order valence-corrected chi connectivity index (χ0v) is 15.1. The van der Waals surface area contributed by atoms with Crippen molar-refractivity contribution in [3.8, 4) is 0 Å². The largest absolute Gasteiger partial charge is 0.250 e. The maximum atomic E-state index is 12.6. The molecule has 5 rings (SSSR count). The fraction of sp³-hybridized carbons (Fsp3) is 0.750. The lowest BCUT2D eigenvalue weighted by atomic mass is 9.48. The molecule has 1 N–H and O–H groups in total. The number of sulfonamides is 1. The van der Waals surface area contributed by atoms with Crippen LogP contribution in [0.3, 0.4) is 0 Å². The van der Waals surface area contributed by atoms with Gasteiger partial charge in [0.15, 0.2) is 0 Å². The molecule has 4 aliphatic carbocycles. The highest BCUT2D eigenvalue weighted by Crippen LogP contribution is 2.61. The maximum absolute atomic E-state index is 12.6. The number of thiophene rings is 1. The van der Waals surface area contributed by atoms with Gasteiger partial charge >= 0.3 is 0 Å². The van der Waals surface area contributed by atoms with E-state index in [9.17, 15) is 8.42 Å². The molecular formula is C16H22ClNO2S2. The van der Waals surface area contributed by atoms with Crippen molar-refractivity contribution in [2.24, 2.45) is 23.2 Å². The zero-order chi connectivity index (χ0) is 15.5. The van der Waals surface area contributed by atoms with Gasteiger partial charge in [0.05, 0.1) is 4.34 Å². The average molecular weight is 360 g/mol. The first-order valence-corrected chi connectivity index (χ1v) is 10.8. The fourth-order valence-electron chi connectivity index (χ4n) is 5.57. The van der Waals surface area contributed by atoms with E-state index in [4.69, 9.17) is 11.6 Å². The molecule has 4 saturated carbocycles. The first-order valence-electron chi connectivity index (χ1n) is 8.14. The molecule has 0 saturated heterocycles. The number of hydrogen-bond acceptors (Lipinski definition) is 3. The summed E-state index contributed by atoms with van der Waals surface area (Å²) in [6.07, 6.45) is 7.73. The van der Waals surface area contributed by atoms with Gasteiger partial charge in [-0.1, -0.05) is 11.6 Å². The van der Waals surface area contributed by atoms with E-state index in [1.54, 1.807) is 12.1 Å². The third kappa shape index (κ3) is 2.54. The molecule has 1 unspecified atom stereocenters. The molecule has 122 valence electrons. The minimum atomic E-state index is -3.45. The third-order valence-electron chi connectivity index (χ3n) is 6.15. The molecule has 1 aromatic rings. The van der Waals surface area contributed by atoms with Crippen molar-refractivity contribution in [1.82, 2.24) is 4.72 Å². The average Bonchev–Trinajstić information content (AvgIpc) is 2.84. The van der Waals surface area contributed by atoms with Crippen LogP contribution in [0.15, 0.2) is 16.3 Å². The number of nitrogens with one attached hydrogen (secondary N) is 1. The van der Waals surface area contributed by atoms with E-state index in [1.165, 1.54) is 38.5 Å². The predicted molar refractivity (Wildman–Crippen MR) is 89.7 cm³/mol. The zero-order valence-electron chi connectivity index (χ0n) is 12.7. The summed E-state index contributed by atoms with van der Waals surface area (Å²) in [6.45, 7) is 2.07. The van der Waals surface area contributed by atoms with Crippen LogP contribution in [0.5, 0.6) is 0 Å². The monoisotopic (exact) mass is 359 g/mol. The van der Waals surface area contributed by atoms with Crippen molar-refractivity contribution >= 4 is 33.0 Å². The highest BCUT2D eigenvalue weighted by Gasteiger charge is 2.53. The number of hydrogen-bond donors (Lipinski definition) is 1. The number of halogens is 1. The molecule has 0 radical (unpaired) electrons. The summed E-state index contributed by atoms with van der Waals surface area (Å²) in [5.74, 6) is 2.48. The summed E-state index contributed by atoms with van der Waals surface area (Å²) in [7, 11) is -3.45. The van der Waals surface area contributed by atoms with Crippen LogP contribution in [-0.4, -0.2) is 14.5 Å². The summed E-state index contributed by atoms with van der Waals surface area (Å²) in [4.78, 5) is 0. The first kappa shape index (κ1) is 15.4. The lowest BCUT2D eigenvalue weighted by Gasteiger charge is -2.59. The maximum Gasteiger partial charge on any atom is 0.250 e. The Hall–Kier alpha value is -0.100. The molecule has 4 bridgehead atoms. The van der Waals surface area contributed by atoms with Gasteiger partial charge in [-0.25, -0.2) is 13.1 Å². The second-order valence-corrected chi connectivity index (χ2v) is 11.3. The third-order valence-corrected chi connectivity index (χ3v) is 9.41. The lowest BCUT2D eigenvalue weighted by Crippen LogP contribution is -2.55. The second-order valence-electron chi connectivity index (χ2n) is 7.68. The van der Waals surface area contributed by atoms with E-state index in [1.807, 2.05) is 0 Å². The fourth-order valence-corrected chi connectivity index (χ4v) is 8.41. The van der Waals surface area contributed by atoms with Crippen LogP contribution < -0.4 is 4.72 Å². The van der Waals surface area contributed by atoms with Gasteiger partial charge in [-0.3, -0.25) is 0 Å². The molecule has 4 aliphatic rings. The van der Waals surface area contributed by atoms with E-state index in [0.717, 1.165) is 29.1 Å². The van der Waals surface area contributed by atoms with Crippen molar-refractivity contribution in [1.29, 1.82) is 0 Å². The van der Waals surface area contributed by atoms with Gasteiger partial charge in [-0.15, -0.1) is 11.3 Å². The van der Waals surface area contributed by atoms with Crippen molar-refractivity contribution in [3.63, 3.8) is 0 Å². The summed E-state index contributed by atoms with van der Waals surface area (Å²) < 4.78 is 29.0. The summed E-state index contributed by atoms with van der Waals surface area (Å²) in [6, 6.07) is 3.25. The highest BCUT2D eigenvalue weighted by molar-refractivity contribution is 7.91. The molecule has 1 atom stereocenters. The second kappa shape index (κ2) is 5.20. The van der Waals surface area contributed by atoms with Crippen LogP contribution in [-0.2, 0) is 10.0 Å². The number of rotatable bonds is 4. The Morgan fingerprint density at radius 3 is 2.18 bits per heavy atom. The van der Waals surface area contributed by atoms with E-state index in [2.05, 4.69) is 11.6 Å². The van der Waals surface area contributed by atoms with Crippen molar-refractivity contribution in [2.75, 3.05) is 0 Å². The molecular weight excluding hydrogens is 338 g/mol. The first-order chi connectivity index (χ1) is 10.4. The van der Waals surface area contributed by atoms with Gasteiger partial charge in [-0.2, -0.15) is 0 Å². The van der Waals surface area contributed by atoms with E-state index in [0.29, 0.717) is 8.55 Å². The Balaban J connectivity index is 1.56. The standard InChI is InChI=1S/C16H22ClNO2S2/c1-10(18-22(19,20)15-3-2-14(17)21-15)16-7-11-4-12(8-16)6-13(5-11)9-16/h2-3,10-13,18H,4-9H2,1H3. The molecule has 0 aromatic carbocycles. The predicted octanol–water partition coefficient (Wildman–Crippen LogP) is 4.28. The van der Waals surface area contributed by atoms with E-state index in [-0.39, 0.29) is 11.5 Å². The van der Waals surface area contributed by atoms with Crippen molar-refractivity contribution < 1.29 is 8.42 Å². The molecule has 0 spiro atoms. The molecule has 4 fully saturated rings. The normalized spacial score (nSPS) is 38.4. The van der Waals surface area contributed by atoms with Crippen LogP contribution in [0.25, 0.3) is 0 Å². The Morgan fingerprint density at radius 1 is 1.18 bits per heavy atom. The summed E-state index contributed by atoms with van der Waals surface area (Å²) >= 11 is 7.01. The minimum Gasteiger partial charge on any atom is -0.207 e. The summed E-state index contributed by atoms with van der Waals surface area (Å²) in [5, 5.41) is 0. The van der Waals surface area contributed by atoms with E-state index >= 15 is 0 Å². The molecule has 0 amide bonds. The Labute approximate surface area is 141 Å². The van der Waals surface area contributed by atoms with Crippen LogP contribution in [0.1, 0.15) is 45.4 Å². The highest BCUT2D eigenvalue weighted by atomic mass is 35.5.